The van der Waals surface area contributed by atoms with Gasteiger partial charge >= 0.3 is 6.01 Å². The molecule has 3 aromatic heterocycles. The standard InChI is InChI=1S/C33H41N9O3S/c1-5-26(43)42-14-12-41(13-15-42)25-16-23(36-32(37-25)44-19(2)28-21-9-6-8-20(21)18-40(28)4)30-38-31(45-39-30)33(3)11-7-10-24-27(33)22(17-34)29(35)46-24/h5,16,19-21,28H,1,6-15,18,35H2,2-4H3/t19-,20?,21-,28-,33-/m0/s1. The number of thiophene rings is 1. The van der Waals surface area contributed by atoms with Gasteiger partial charge in [0.25, 0.3) is 0 Å². The summed E-state index contributed by atoms with van der Waals surface area (Å²) in [6, 6.07) is 4.74. The molecule has 1 saturated carbocycles. The average molecular weight is 644 g/mol. The molecule has 2 aliphatic heterocycles. The number of aromatic nitrogens is 4. The first kappa shape index (κ1) is 30.6. The number of carbonyl (C=O) groups excluding carboxylic acids is 1. The fourth-order valence-corrected chi connectivity index (χ4v) is 9.58. The largest absolute Gasteiger partial charge is 0.459 e. The van der Waals surface area contributed by atoms with Gasteiger partial charge in [0.1, 0.15) is 28.7 Å². The summed E-state index contributed by atoms with van der Waals surface area (Å²) in [4.78, 5) is 34.3. The van der Waals surface area contributed by atoms with E-state index in [2.05, 4.69) is 48.5 Å². The molecule has 0 bridgehead atoms. The predicted octanol–water partition coefficient (Wildman–Crippen LogP) is 4.02. The Morgan fingerprint density at radius 2 is 2.07 bits per heavy atom. The second-order valence-corrected chi connectivity index (χ2v) is 14.5. The summed E-state index contributed by atoms with van der Waals surface area (Å²) in [5.74, 6) is 2.72. The zero-order valence-corrected chi connectivity index (χ0v) is 27.6. The Labute approximate surface area is 273 Å². The van der Waals surface area contributed by atoms with Crippen molar-refractivity contribution in [3.05, 3.63) is 40.6 Å². The molecule has 12 nitrogen and oxygen atoms in total. The predicted molar refractivity (Wildman–Crippen MR) is 174 cm³/mol. The minimum absolute atomic E-state index is 0.0719. The van der Waals surface area contributed by atoms with Crippen LogP contribution in [0.3, 0.4) is 0 Å². The number of rotatable bonds is 7. The van der Waals surface area contributed by atoms with Crippen LogP contribution in [0, 0.1) is 23.2 Å². The fourth-order valence-electron chi connectivity index (χ4n) is 8.39. The molecule has 2 N–H and O–H groups in total. The molecule has 5 atom stereocenters. The summed E-state index contributed by atoms with van der Waals surface area (Å²) in [7, 11) is 2.19. The van der Waals surface area contributed by atoms with E-state index in [1.807, 2.05) is 6.07 Å². The second-order valence-electron chi connectivity index (χ2n) is 13.4. The van der Waals surface area contributed by atoms with E-state index < -0.39 is 5.41 Å². The van der Waals surface area contributed by atoms with Crippen molar-refractivity contribution in [2.24, 2.45) is 11.8 Å². The summed E-state index contributed by atoms with van der Waals surface area (Å²) in [6.45, 7) is 11.2. The number of carbonyl (C=O) groups is 1. The number of nitriles is 1. The Morgan fingerprint density at radius 3 is 2.83 bits per heavy atom. The van der Waals surface area contributed by atoms with E-state index in [4.69, 9.17) is 29.9 Å². The summed E-state index contributed by atoms with van der Waals surface area (Å²) in [6.07, 6.45) is 7.59. The van der Waals surface area contributed by atoms with E-state index in [1.165, 1.54) is 36.7 Å². The molecule has 5 heterocycles. The number of nitrogens with two attached hydrogens (primary N) is 1. The molecule has 3 fully saturated rings. The summed E-state index contributed by atoms with van der Waals surface area (Å²) < 4.78 is 12.5. The molecule has 13 heteroatoms. The van der Waals surface area contributed by atoms with Crippen molar-refractivity contribution in [2.45, 2.75) is 69.9 Å². The van der Waals surface area contributed by atoms with E-state index in [0.717, 1.165) is 42.2 Å². The van der Waals surface area contributed by atoms with Gasteiger partial charge in [0, 0.05) is 55.3 Å². The van der Waals surface area contributed by atoms with Crippen LogP contribution in [0.5, 0.6) is 6.01 Å². The molecule has 0 spiro atoms. The van der Waals surface area contributed by atoms with E-state index in [1.54, 1.807) is 4.90 Å². The molecule has 2 aliphatic carbocycles. The minimum atomic E-state index is -0.638. The van der Waals surface area contributed by atoms with Gasteiger partial charge in [-0.25, -0.2) is 0 Å². The van der Waals surface area contributed by atoms with Crippen molar-refractivity contribution in [1.29, 1.82) is 5.26 Å². The Morgan fingerprint density at radius 1 is 1.26 bits per heavy atom. The maximum atomic E-state index is 12.2. The highest BCUT2D eigenvalue weighted by Crippen LogP contribution is 2.49. The van der Waals surface area contributed by atoms with Gasteiger partial charge in [-0.3, -0.25) is 9.69 Å². The smallest absolute Gasteiger partial charge is 0.319 e. The first-order chi connectivity index (χ1) is 22.2. The molecule has 1 unspecified atom stereocenters. The quantitative estimate of drug-likeness (QED) is 0.372. The van der Waals surface area contributed by atoms with Crippen molar-refractivity contribution in [1.82, 2.24) is 29.9 Å². The first-order valence-corrected chi connectivity index (χ1v) is 17.1. The van der Waals surface area contributed by atoms with Crippen LogP contribution in [0.2, 0.25) is 0 Å². The van der Waals surface area contributed by atoms with E-state index in [0.29, 0.717) is 71.9 Å². The zero-order valence-electron chi connectivity index (χ0n) is 26.7. The first-order valence-electron chi connectivity index (χ1n) is 16.3. The molecular weight excluding hydrogens is 602 g/mol. The van der Waals surface area contributed by atoms with Crippen LogP contribution in [0.4, 0.5) is 10.8 Å². The Hall–Kier alpha value is -4.02. The van der Waals surface area contributed by atoms with E-state index >= 15 is 0 Å². The maximum Gasteiger partial charge on any atom is 0.319 e. The number of hydrogen-bond donors (Lipinski definition) is 1. The highest BCUT2D eigenvalue weighted by atomic mass is 32.1. The molecule has 242 valence electrons. The van der Waals surface area contributed by atoms with Crippen LogP contribution < -0.4 is 15.4 Å². The van der Waals surface area contributed by atoms with Gasteiger partial charge in [0.2, 0.25) is 17.6 Å². The molecular formula is C33H41N9O3S. The van der Waals surface area contributed by atoms with E-state index in [9.17, 15) is 10.1 Å². The molecule has 1 amide bonds. The van der Waals surface area contributed by atoms with Crippen molar-refractivity contribution >= 4 is 28.1 Å². The summed E-state index contributed by atoms with van der Waals surface area (Å²) >= 11 is 1.48. The zero-order chi connectivity index (χ0) is 32.2. The molecule has 3 aromatic rings. The van der Waals surface area contributed by atoms with Gasteiger partial charge in [0.15, 0.2) is 0 Å². The monoisotopic (exact) mass is 643 g/mol. The molecule has 7 rings (SSSR count). The fraction of sp³-hybridized carbons (Fsp3) is 0.576. The molecule has 4 aliphatic rings. The number of fused-ring (bicyclic) bond motifs is 2. The summed E-state index contributed by atoms with van der Waals surface area (Å²) in [5.41, 5.74) is 7.51. The lowest BCUT2D eigenvalue weighted by Crippen LogP contribution is -2.48. The lowest BCUT2D eigenvalue weighted by molar-refractivity contribution is -0.126. The highest BCUT2D eigenvalue weighted by molar-refractivity contribution is 7.16. The van der Waals surface area contributed by atoms with Crippen LogP contribution in [0.1, 0.15) is 67.8 Å². The van der Waals surface area contributed by atoms with Gasteiger partial charge in [-0.2, -0.15) is 20.2 Å². The molecule has 2 saturated heterocycles. The van der Waals surface area contributed by atoms with Crippen LogP contribution in [0.15, 0.2) is 23.2 Å². The third kappa shape index (κ3) is 5.21. The Balaban J connectivity index is 1.22. The van der Waals surface area contributed by atoms with Gasteiger partial charge < -0.3 is 24.8 Å². The van der Waals surface area contributed by atoms with Crippen molar-refractivity contribution in [3.63, 3.8) is 0 Å². The lowest BCUT2D eigenvalue weighted by atomic mass is 9.72. The van der Waals surface area contributed by atoms with Gasteiger partial charge in [0.05, 0.1) is 11.0 Å². The number of hydrogen-bond acceptors (Lipinski definition) is 12. The maximum absolute atomic E-state index is 12.2. The molecule has 0 aromatic carbocycles. The summed E-state index contributed by atoms with van der Waals surface area (Å²) in [5, 5.41) is 14.9. The minimum Gasteiger partial charge on any atom is -0.459 e. The van der Waals surface area contributed by atoms with Crippen LogP contribution in [0.25, 0.3) is 11.5 Å². The van der Waals surface area contributed by atoms with Crippen LogP contribution in [-0.2, 0) is 16.6 Å². The number of likely N-dealkylation sites (tertiary alicyclic amines) is 1. The normalized spacial score (nSPS) is 26.8. The Kier molecular flexibility index (Phi) is 7.97. The number of piperazine rings is 1. The van der Waals surface area contributed by atoms with Crippen molar-refractivity contribution < 1.29 is 14.1 Å². The lowest BCUT2D eigenvalue weighted by Gasteiger charge is -2.35. The number of nitrogen functional groups attached to an aromatic ring is 1. The Bertz CT molecular complexity index is 1690. The number of amides is 1. The third-order valence-electron chi connectivity index (χ3n) is 10.6. The van der Waals surface area contributed by atoms with Crippen LogP contribution >= 0.6 is 11.3 Å². The average Bonchev–Trinajstić information content (AvgIpc) is 3.84. The topological polar surface area (TPSA) is 151 Å². The van der Waals surface area contributed by atoms with Gasteiger partial charge in [-0.15, -0.1) is 11.3 Å². The van der Waals surface area contributed by atoms with Crippen LogP contribution in [-0.4, -0.2) is 87.7 Å². The molecule has 46 heavy (non-hydrogen) atoms. The van der Waals surface area contributed by atoms with Crippen molar-refractivity contribution in [2.75, 3.05) is 50.4 Å². The number of ether oxygens (including phenoxy) is 1. The number of anilines is 2. The van der Waals surface area contributed by atoms with Gasteiger partial charge in [-0.1, -0.05) is 18.2 Å². The number of likely N-dealkylation sites (N-methyl/N-ethyl adjacent to an activating group) is 1. The molecule has 0 radical (unpaired) electrons. The third-order valence-corrected chi connectivity index (χ3v) is 11.7. The second kappa shape index (κ2) is 12.0. The van der Waals surface area contributed by atoms with Gasteiger partial charge in [-0.05, 0) is 70.9 Å². The highest BCUT2D eigenvalue weighted by Gasteiger charge is 2.46. The number of aryl methyl sites for hydroxylation is 1. The van der Waals surface area contributed by atoms with E-state index in [-0.39, 0.29) is 18.0 Å². The van der Waals surface area contributed by atoms with Crippen molar-refractivity contribution in [3.8, 4) is 23.6 Å². The number of nitrogens with zero attached hydrogens (tertiary/aromatic N) is 8. The SMILES string of the molecule is C=CC(=O)N1CCN(c2cc(-c3noc([C@@]4(C)CCCc5sc(N)c(C#N)c54)n3)nc(O[C@@H](C)[C@H]3[C@H]4CCCC4CN3C)n2)CC1.